The van der Waals surface area contributed by atoms with Crippen LogP contribution in [-0.2, 0) is 25.5 Å². The fourth-order valence-corrected chi connectivity index (χ4v) is 4.42. The van der Waals surface area contributed by atoms with Gasteiger partial charge < -0.3 is 14.9 Å². The van der Waals surface area contributed by atoms with Crippen molar-refractivity contribution in [2.75, 3.05) is 11.5 Å². The number of ketones is 1. The van der Waals surface area contributed by atoms with E-state index in [1.165, 1.54) is 17.0 Å². The molecule has 0 saturated carbocycles. The van der Waals surface area contributed by atoms with Crippen LogP contribution in [0, 0.1) is 6.92 Å². The number of hydrogen-bond acceptors (Lipinski definition) is 6. The van der Waals surface area contributed by atoms with Crippen LogP contribution in [0.3, 0.4) is 0 Å². The van der Waals surface area contributed by atoms with Gasteiger partial charge in [-0.1, -0.05) is 46.3 Å². The Kier molecular flexibility index (Phi) is 7.26. The van der Waals surface area contributed by atoms with Gasteiger partial charge in [0.25, 0.3) is 11.7 Å². The molecule has 0 radical (unpaired) electrons. The van der Waals surface area contributed by atoms with Crippen LogP contribution >= 0.6 is 15.9 Å². The molecule has 184 valence electrons. The normalized spacial score (nSPS) is 16.9. The summed E-state index contributed by atoms with van der Waals surface area (Å²) in [6.07, 6.45) is 0.0806. The molecule has 8 heteroatoms. The third kappa shape index (κ3) is 4.90. The van der Waals surface area contributed by atoms with E-state index in [1.807, 2.05) is 6.92 Å². The van der Waals surface area contributed by atoms with E-state index in [2.05, 4.69) is 15.9 Å². The second-order valence-electron chi connectivity index (χ2n) is 8.37. The predicted octanol–water partition coefficient (Wildman–Crippen LogP) is 5.20. The zero-order valence-corrected chi connectivity index (χ0v) is 21.3. The number of phenols is 1. The van der Waals surface area contributed by atoms with Crippen molar-refractivity contribution in [3.63, 3.8) is 0 Å². The Labute approximate surface area is 216 Å². The number of phenolic OH excluding ortho intramolecular Hbond substituents is 1. The second-order valence-corrected chi connectivity index (χ2v) is 9.23. The lowest BCUT2D eigenvalue weighted by molar-refractivity contribution is -0.142. The first-order valence-electron chi connectivity index (χ1n) is 11.3. The Morgan fingerprint density at radius 1 is 1.03 bits per heavy atom. The highest BCUT2D eigenvalue weighted by Crippen LogP contribution is 2.42. The zero-order valence-electron chi connectivity index (χ0n) is 19.7. The maximum atomic E-state index is 13.3. The summed E-state index contributed by atoms with van der Waals surface area (Å²) < 4.78 is 5.83. The number of hydrogen-bond donors (Lipinski definition) is 2. The van der Waals surface area contributed by atoms with Crippen molar-refractivity contribution in [1.29, 1.82) is 0 Å². The van der Waals surface area contributed by atoms with Gasteiger partial charge in [-0.3, -0.25) is 19.3 Å². The number of benzene rings is 3. The number of esters is 1. The van der Waals surface area contributed by atoms with Gasteiger partial charge in [-0.2, -0.15) is 0 Å². The lowest BCUT2D eigenvalue weighted by atomic mass is 9.94. The molecular formula is C28H24BrNO6. The van der Waals surface area contributed by atoms with E-state index < -0.39 is 17.7 Å². The first-order chi connectivity index (χ1) is 17.2. The van der Waals surface area contributed by atoms with Crippen molar-refractivity contribution in [2.24, 2.45) is 0 Å². The number of aromatic hydroxyl groups is 1. The molecule has 3 aromatic rings. The summed E-state index contributed by atoms with van der Waals surface area (Å²) in [4.78, 5) is 39.7. The van der Waals surface area contributed by atoms with Crippen LogP contribution in [0.4, 0.5) is 5.69 Å². The molecule has 1 fully saturated rings. The number of aryl methyl sites for hydroxylation is 1. The topological polar surface area (TPSA) is 104 Å². The summed E-state index contributed by atoms with van der Waals surface area (Å²) in [5, 5.41) is 21.0. The summed E-state index contributed by atoms with van der Waals surface area (Å²) >= 11 is 3.43. The van der Waals surface area contributed by atoms with Gasteiger partial charge in [0.1, 0.15) is 11.5 Å². The maximum Gasteiger partial charge on any atom is 0.310 e. The number of Topliss-reactive ketones (excluding diaryl/α,β-unsaturated/α-hetero) is 1. The van der Waals surface area contributed by atoms with Gasteiger partial charge in [-0.25, -0.2) is 0 Å². The van der Waals surface area contributed by atoms with Gasteiger partial charge in [0, 0.05) is 15.7 Å². The molecule has 1 atom stereocenters. The quantitative estimate of drug-likeness (QED) is 0.189. The highest BCUT2D eigenvalue weighted by molar-refractivity contribution is 9.10. The van der Waals surface area contributed by atoms with Crippen molar-refractivity contribution >= 4 is 45.0 Å². The number of aliphatic hydroxyl groups is 1. The van der Waals surface area contributed by atoms with Gasteiger partial charge >= 0.3 is 5.97 Å². The summed E-state index contributed by atoms with van der Waals surface area (Å²) in [6.45, 7) is 3.87. The molecule has 0 spiro atoms. The standard InChI is InChI=1S/C28H24BrNO6/c1-3-36-23(32)15-17-4-9-20(10-5-17)30-25(18-6-11-21(31)12-7-18)24(27(34)28(30)35)26(33)19-8-13-22(29)16(2)14-19/h4-14,25,31,33H,3,15H2,1-2H3/b26-24-. The molecule has 7 nitrogen and oxygen atoms in total. The smallest absolute Gasteiger partial charge is 0.310 e. The Balaban J connectivity index is 1.82. The molecule has 3 aromatic carbocycles. The number of anilines is 1. The molecule has 1 saturated heterocycles. The largest absolute Gasteiger partial charge is 0.508 e. The van der Waals surface area contributed by atoms with Gasteiger partial charge in [0.2, 0.25) is 0 Å². The van der Waals surface area contributed by atoms with E-state index in [-0.39, 0.29) is 36.1 Å². The third-order valence-electron chi connectivity index (χ3n) is 5.95. The van der Waals surface area contributed by atoms with Crippen LogP contribution in [0.5, 0.6) is 5.75 Å². The van der Waals surface area contributed by atoms with Gasteiger partial charge in [-0.05, 0) is 66.9 Å². The first-order valence-corrected chi connectivity index (χ1v) is 12.1. The van der Waals surface area contributed by atoms with Gasteiger partial charge in [-0.15, -0.1) is 0 Å². The number of rotatable bonds is 6. The average molecular weight is 550 g/mol. The molecule has 1 unspecified atom stereocenters. The molecule has 2 N–H and O–H groups in total. The van der Waals surface area contributed by atoms with E-state index in [4.69, 9.17) is 4.74 Å². The Morgan fingerprint density at radius 2 is 1.69 bits per heavy atom. The van der Waals surface area contributed by atoms with Crippen LogP contribution < -0.4 is 4.90 Å². The van der Waals surface area contributed by atoms with E-state index in [0.717, 1.165) is 10.0 Å². The molecule has 1 aliphatic heterocycles. The van der Waals surface area contributed by atoms with Crippen molar-refractivity contribution in [3.05, 3.63) is 99.0 Å². The van der Waals surface area contributed by atoms with Crippen molar-refractivity contribution in [3.8, 4) is 5.75 Å². The van der Waals surface area contributed by atoms with E-state index in [1.54, 1.807) is 61.5 Å². The molecule has 1 aliphatic rings. The monoisotopic (exact) mass is 549 g/mol. The van der Waals surface area contributed by atoms with E-state index in [9.17, 15) is 24.6 Å². The maximum absolute atomic E-state index is 13.3. The highest BCUT2D eigenvalue weighted by atomic mass is 79.9. The van der Waals surface area contributed by atoms with Crippen LogP contribution in [0.25, 0.3) is 5.76 Å². The van der Waals surface area contributed by atoms with E-state index in [0.29, 0.717) is 22.4 Å². The van der Waals surface area contributed by atoms with Crippen LogP contribution in [-0.4, -0.2) is 34.5 Å². The first kappa shape index (κ1) is 25.2. The van der Waals surface area contributed by atoms with Crippen molar-refractivity contribution < 1.29 is 29.3 Å². The Morgan fingerprint density at radius 3 is 2.31 bits per heavy atom. The lowest BCUT2D eigenvalue weighted by Gasteiger charge is -2.25. The minimum Gasteiger partial charge on any atom is -0.508 e. The van der Waals surface area contributed by atoms with Gasteiger partial charge in [0.05, 0.1) is 24.6 Å². The summed E-state index contributed by atoms with van der Waals surface area (Å²) in [5.74, 6) is -2.23. The molecule has 0 aromatic heterocycles. The van der Waals surface area contributed by atoms with Crippen molar-refractivity contribution in [1.82, 2.24) is 0 Å². The third-order valence-corrected chi connectivity index (χ3v) is 6.84. The average Bonchev–Trinajstić information content (AvgIpc) is 3.12. The SMILES string of the molecule is CCOC(=O)Cc1ccc(N2C(=O)C(=O)/C(=C(\O)c3ccc(Br)c(C)c3)C2c2ccc(O)cc2)cc1. The molecule has 4 rings (SSSR count). The second kappa shape index (κ2) is 10.4. The molecule has 36 heavy (non-hydrogen) atoms. The highest BCUT2D eigenvalue weighted by Gasteiger charge is 2.47. The number of carbonyl (C=O) groups is 3. The lowest BCUT2D eigenvalue weighted by Crippen LogP contribution is -2.29. The molecule has 1 amide bonds. The molecule has 0 aliphatic carbocycles. The zero-order chi connectivity index (χ0) is 26.0. The fourth-order valence-electron chi connectivity index (χ4n) is 4.17. The van der Waals surface area contributed by atoms with Gasteiger partial charge in [0.15, 0.2) is 0 Å². The summed E-state index contributed by atoms with van der Waals surface area (Å²) in [6, 6.07) is 17.0. The summed E-state index contributed by atoms with van der Waals surface area (Å²) in [7, 11) is 0. The van der Waals surface area contributed by atoms with E-state index >= 15 is 0 Å². The van der Waals surface area contributed by atoms with Crippen LogP contribution in [0.1, 0.15) is 35.2 Å². The number of carbonyl (C=O) groups excluding carboxylic acids is 3. The molecule has 0 bridgehead atoms. The Hall–Kier alpha value is -3.91. The Bertz CT molecular complexity index is 1360. The minimum absolute atomic E-state index is 0.0301. The predicted molar refractivity (Wildman–Crippen MR) is 139 cm³/mol. The van der Waals surface area contributed by atoms with Crippen LogP contribution in [0.2, 0.25) is 0 Å². The number of halogens is 1. The van der Waals surface area contributed by atoms with Crippen molar-refractivity contribution in [2.45, 2.75) is 26.3 Å². The number of nitrogens with zero attached hydrogens (tertiary/aromatic N) is 1. The molecular weight excluding hydrogens is 526 g/mol. The fraction of sp³-hybridized carbons (Fsp3) is 0.179. The number of ether oxygens (including phenoxy) is 1. The molecule has 1 heterocycles. The number of aliphatic hydroxyl groups excluding tert-OH is 1. The minimum atomic E-state index is -0.926. The number of amides is 1. The van der Waals surface area contributed by atoms with Crippen LogP contribution in [0.15, 0.2) is 76.8 Å². The summed E-state index contributed by atoms with van der Waals surface area (Å²) in [5.41, 5.74) is 2.86.